The molecule has 1 unspecified atom stereocenters. The fourth-order valence-electron chi connectivity index (χ4n) is 1.19. The minimum atomic E-state index is -0.543. The van der Waals surface area contributed by atoms with Crippen LogP contribution in [0.3, 0.4) is 0 Å². The molecule has 0 aromatic carbocycles. The van der Waals surface area contributed by atoms with Crippen molar-refractivity contribution in [3.63, 3.8) is 0 Å². The van der Waals surface area contributed by atoms with Crippen molar-refractivity contribution in [3.05, 3.63) is 22.6 Å². The van der Waals surface area contributed by atoms with Gasteiger partial charge >= 0.3 is 0 Å². The second-order valence-electron chi connectivity index (χ2n) is 3.36. The van der Waals surface area contributed by atoms with E-state index in [0.29, 0.717) is 5.69 Å². The first-order valence-corrected chi connectivity index (χ1v) is 5.06. The highest BCUT2D eigenvalue weighted by molar-refractivity contribution is 5.38. The molecule has 1 atom stereocenters. The molecule has 0 amide bonds. The van der Waals surface area contributed by atoms with Gasteiger partial charge in [0.25, 0.3) is 5.56 Å². The van der Waals surface area contributed by atoms with Gasteiger partial charge < -0.3 is 10.6 Å². The molecule has 0 aliphatic carbocycles. The molecule has 0 bridgehead atoms. The van der Waals surface area contributed by atoms with Gasteiger partial charge in [0.1, 0.15) is 6.04 Å². The van der Waals surface area contributed by atoms with Crippen LogP contribution in [0.4, 0.5) is 5.69 Å². The molecule has 0 saturated carbocycles. The summed E-state index contributed by atoms with van der Waals surface area (Å²) in [5.41, 5.74) is 0.394. The first-order chi connectivity index (χ1) is 7.69. The largest absolute Gasteiger partial charge is 0.382 e. The predicted octanol–water partition coefficient (Wildman–Crippen LogP) is -0.0408. The first kappa shape index (κ1) is 12.2. The van der Waals surface area contributed by atoms with Crippen molar-refractivity contribution in [3.8, 4) is 6.07 Å². The van der Waals surface area contributed by atoms with Gasteiger partial charge in [-0.1, -0.05) is 0 Å². The van der Waals surface area contributed by atoms with Crippen molar-refractivity contribution in [2.24, 2.45) is 0 Å². The highest BCUT2D eigenvalue weighted by Gasteiger charge is 2.06. The summed E-state index contributed by atoms with van der Waals surface area (Å²) in [6.07, 6.45) is 1.55. The van der Waals surface area contributed by atoms with Gasteiger partial charge in [0.2, 0.25) is 0 Å². The van der Waals surface area contributed by atoms with E-state index < -0.39 is 6.04 Å². The summed E-state index contributed by atoms with van der Waals surface area (Å²) in [5, 5.41) is 18.6. The molecular weight excluding hydrogens is 206 g/mol. The Morgan fingerprint density at radius 1 is 1.62 bits per heavy atom. The van der Waals surface area contributed by atoms with E-state index in [1.165, 1.54) is 6.07 Å². The van der Waals surface area contributed by atoms with Crippen molar-refractivity contribution < 1.29 is 0 Å². The Hall–Kier alpha value is -1.87. The molecule has 0 spiro atoms. The van der Waals surface area contributed by atoms with Crippen LogP contribution in [0.1, 0.15) is 13.0 Å². The molecule has 1 heterocycles. The van der Waals surface area contributed by atoms with Gasteiger partial charge in [-0.3, -0.25) is 4.79 Å². The lowest BCUT2D eigenvalue weighted by atomic mass is 10.4. The van der Waals surface area contributed by atoms with E-state index in [0.717, 1.165) is 17.8 Å². The number of nitriles is 1. The summed E-state index contributed by atoms with van der Waals surface area (Å²) >= 11 is 0. The molecule has 1 aromatic heterocycles. The number of hydrogen-bond acceptors (Lipinski definition) is 5. The summed E-state index contributed by atoms with van der Waals surface area (Å²) in [5.74, 6) is 0. The quantitative estimate of drug-likeness (QED) is 0.682. The van der Waals surface area contributed by atoms with Crippen LogP contribution in [0.2, 0.25) is 0 Å². The minimum absolute atomic E-state index is 0.275. The van der Waals surface area contributed by atoms with E-state index in [9.17, 15) is 4.79 Å². The molecule has 1 aromatic rings. The lowest BCUT2D eigenvalue weighted by Gasteiger charge is -2.08. The third-order valence-corrected chi connectivity index (χ3v) is 2.08. The maximum atomic E-state index is 11.6. The standard InChI is InChI=1S/C10H15N5O/c1-8(6-11)15-10(16)5-9(7-14-15)13-4-3-12-2/h5,7-8,12-13H,3-4H2,1-2H3. The number of anilines is 1. The Bertz CT molecular complexity index is 434. The van der Waals surface area contributed by atoms with Gasteiger partial charge in [0, 0.05) is 19.2 Å². The summed E-state index contributed by atoms with van der Waals surface area (Å²) in [7, 11) is 1.85. The first-order valence-electron chi connectivity index (χ1n) is 5.06. The molecule has 6 nitrogen and oxygen atoms in total. The summed E-state index contributed by atoms with van der Waals surface area (Å²) in [6, 6.07) is 2.86. The molecule has 1 rings (SSSR count). The number of rotatable bonds is 5. The molecule has 0 fully saturated rings. The van der Waals surface area contributed by atoms with Gasteiger partial charge in [0.05, 0.1) is 18.0 Å². The third kappa shape index (κ3) is 3.07. The number of nitrogens with one attached hydrogen (secondary N) is 2. The summed E-state index contributed by atoms with van der Waals surface area (Å²) in [4.78, 5) is 11.6. The van der Waals surface area contributed by atoms with Gasteiger partial charge in [-0.15, -0.1) is 0 Å². The van der Waals surface area contributed by atoms with Gasteiger partial charge in [0.15, 0.2) is 0 Å². The van der Waals surface area contributed by atoms with Crippen LogP contribution in [0, 0.1) is 11.3 Å². The molecule has 16 heavy (non-hydrogen) atoms. The molecule has 0 aliphatic rings. The number of nitrogens with zero attached hydrogens (tertiary/aromatic N) is 3. The Morgan fingerprint density at radius 2 is 2.38 bits per heavy atom. The highest BCUT2D eigenvalue weighted by atomic mass is 16.1. The van der Waals surface area contributed by atoms with Crippen molar-refractivity contribution in [1.29, 1.82) is 5.26 Å². The lowest BCUT2D eigenvalue weighted by molar-refractivity contribution is 0.555. The van der Waals surface area contributed by atoms with E-state index in [4.69, 9.17) is 5.26 Å². The number of likely N-dealkylation sites (N-methyl/N-ethyl adjacent to an activating group) is 1. The summed E-state index contributed by atoms with van der Waals surface area (Å²) < 4.78 is 1.16. The zero-order chi connectivity index (χ0) is 12.0. The normalized spacial score (nSPS) is 11.8. The SMILES string of the molecule is CNCCNc1cnn(C(C)C#N)c(=O)c1. The fraction of sp³-hybridized carbons (Fsp3) is 0.500. The minimum Gasteiger partial charge on any atom is -0.382 e. The smallest absolute Gasteiger partial charge is 0.270 e. The van der Waals surface area contributed by atoms with E-state index >= 15 is 0 Å². The zero-order valence-corrected chi connectivity index (χ0v) is 9.40. The molecule has 2 N–H and O–H groups in total. The highest BCUT2D eigenvalue weighted by Crippen LogP contribution is 2.02. The van der Waals surface area contributed by atoms with Crippen LogP contribution in [0.25, 0.3) is 0 Å². The Balaban J connectivity index is 2.76. The van der Waals surface area contributed by atoms with Gasteiger partial charge in [-0.25, -0.2) is 4.68 Å². The monoisotopic (exact) mass is 221 g/mol. The van der Waals surface area contributed by atoms with Crippen LogP contribution in [-0.4, -0.2) is 29.9 Å². The summed E-state index contributed by atoms with van der Waals surface area (Å²) in [6.45, 7) is 3.15. The fourth-order valence-corrected chi connectivity index (χ4v) is 1.19. The second kappa shape index (κ2) is 5.88. The molecular formula is C10H15N5O. The topological polar surface area (TPSA) is 82.7 Å². The van der Waals surface area contributed by atoms with Crippen molar-refractivity contribution in [2.75, 3.05) is 25.5 Å². The average molecular weight is 221 g/mol. The molecule has 0 saturated heterocycles. The van der Waals surface area contributed by atoms with Crippen molar-refractivity contribution >= 4 is 5.69 Å². The van der Waals surface area contributed by atoms with E-state index in [-0.39, 0.29) is 5.56 Å². The third-order valence-electron chi connectivity index (χ3n) is 2.08. The van der Waals surface area contributed by atoms with Crippen molar-refractivity contribution in [2.45, 2.75) is 13.0 Å². The van der Waals surface area contributed by atoms with E-state index in [2.05, 4.69) is 15.7 Å². The number of hydrogen-bond donors (Lipinski definition) is 2. The van der Waals surface area contributed by atoms with E-state index in [1.807, 2.05) is 13.1 Å². The number of aromatic nitrogens is 2. The Labute approximate surface area is 93.9 Å². The van der Waals surface area contributed by atoms with Crippen LogP contribution in [-0.2, 0) is 0 Å². The average Bonchev–Trinajstić information content (AvgIpc) is 2.29. The van der Waals surface area contributed by atoms with E-state index in [1.54, 1.807) is 13.1 Å². The van der Waals surface area contributed by atoms with Crippen LogP contribution in [0.5, 0.6) is 0 Å². The lowest BCUT2D eigenvalue weighted by Crippen LogP contribution is -2.25. The molecule has 0 radical (unpaired) electrons. The van der Waals surface area contributed by atoms with Crippen LogP contribution >= 0.6 is 0 Å². The van der Waals surface area contributed by atoms with Gasteiger partial charge in [-0.05, 0) is 14.0 Å². The Kier molecular flexibility index (Phi) is 4.48. The zero-order valence-electron chi connectivity index (χ0n) is 9.40. The Morgan fingerprint density at radius 3 is 2.94 bits per heavy atom. The maximum absolute atomic E-state index is 11.6. The second-order valence-corrected chi connectivity index (χ2v) is 3.36. The van der Waals surface area contributed by atoms with Crippen molar-refractivity contribution in [1.82, 2.24) is 15.1 Å². The predicted molar refractivity (Wildman–Crippen MR) is 61.2 cm³/mol. The van der Waals surface area contributed by atoms with Crippen LogP contribution < -0.4 is 16.2 Å². The maximum Gasteiger partial charge on any atom is 0.270 e. The molecule has 86 valence electrons. The molecule has 0 aliphatic heterocycles. The molecule has 6 heteroatoms. The van der Waals surface area contributed by atoms with Gasteiger partial charge in [-0.2, -0.15) is 10.4 Å². The van der Waals surface area contributed by atoms with Crippen LogP contribution in [0.15, 0.2) is 17.1 Å².